The summed E-state index contributed by atoms with van der Waals surface area (Å²) in [5.74, 6) is -0.372. The predicted octanol–water partition coefficient (Wildman–Crippen LogP) is 1.62. The largest absolute Gasteiger partial charge is 0.447 e. The summed E-state index contributed by atoms with van der Waals surface area (Å²) in [6, 6.07) is 5.09. The molecule has 0 unspecified atom stereocenters. The summed E-state index contributed by atoms with van der Waals surface area (Å²) in [5.41, 5.74) is 0.798. The van der Waals surface area contributed by atoms with Crippen LogP contribution >= 0.6 is 0 Å². The number of cyclic esters (lactones) is 1. The smallest absolute Gasteiger partial charge is 0.414 e. The summed E-state index contributed by atoms with van der Waals surface area (Å²) in [6.45, 7) is 3.20. The van der Waals surface area contributed by atoms with E-state index in [1.165, 1.54) is 4.90 Å². The maximum absolute atomic E-state index is 14.6. The molecule has 0 spiro atoms. The first-order chi connectivity index (χ1) is 9.27. The summed E-state index contributed by atoms with van der Waals surface area (Å²) < 4.78 is 24.7. The highest BCUT2D eigenvalue weighted by molar-refractivity contribution is 5.90. The highest BCUT2D eigenvalue weighted by Crippen LogP contribution is 2.30. The van der Waals surface area contributed by atoms with E-state index < -0.39 is 6.09 Å². The van der Waals surface area contributed by atoms with Crippen LogP contribution in [0.4, 0.5) is 20.6 Å². The Morgan fingerprint density at radius 1 is 1.05 bits per heavy atom. The molecule has 0 saturated carbocycles. The van der Waals surface area contributed by atoms with Crippen LogP contribution in [0.2, 0.25) is 0 Å². The topological polar surface area (TPSA) is 42.0 Å². The maximum atomic E-state index is 14.6. The quantitative estimate of drug-likeness (QED) is 0.815. The van der Waals surface area contributed by atoms with Gasteiger partial charge in [0.2, 0.25) is 0 Å². The van der Waals surface area contributed by atoms with Crippen molar-refractivity contribution < 1.29 is 18.7 Å². The first-order valence-electron chi connectivity index (χ1n) is 6.33. The van der Waals surface area contributed by atoms with Gasteiger partial charge in [-0.1, -0.05) is 6.07 Å². The molecule has 0 bridgehead atoms. The van der Waals surface area contributed by atoms with Crippen molar-refractivity contribution in [3.05, 3.63) is 24.0 Å². The maximum Gasteiger partial charge on any atom is 0.414 e. The van der Waals surface area contributed by atoms with Gasteiger partial charge in [0.05, 0.1) is 31.1 Å². The number of carbonyl (C=O) groups is 1. The highest BCUT2D eigenvalue weighted by Gasteiger charge is 2.28. The summed E-state index contributed by atoms with van der Waals surface area (Å²) in [6.07, 6.45) is -0.488. The van der Waals surface area contributed by atoms with E-state index in [0.29, 0.717) is 45.1 Å². The molecule has 2 aliphatic rings. The molecule has 0 aromatic heterocycles. The number of hydrogen-bond donors (Lipinski definition) is 0. The van der Waals surface area contributed by atoms with Crippen LogP contribution in [0.25, 0.3) is 0 Å². The molecule has 0 N–H and O–H groups in total. The summed E-state index contributed by atoms with van der Waals surface area (Å²) in [7, 11) is 0. The van der Waals surface area contributed by atoms with Crippen molar-refractivity contribution in [2.75, 3.05) is 49.3 Å². The lowest BCUT2D eigenvalue weighted by atomic mass is 10.2. The Morgan fingerprint density at radius 3 is 2.47 bits per heavy atom. The standard InChI is InChI=1S/C13H15FN2O3/c14-12-10(15-4-7-18-8-5-15)2-1-3-11(12)16-6-9-19-13(16)17/h1-3H,4-9H2. The molecular weight excluding hydrogens is 251 g/mol. The fourth-order valence-corrected chi connectivity index (χ4v) is 2.38. The molecule has 1 aromatic rings. The van der Waals surface area contributed by atoms with Crippen LogP contribution in [0.1, 0.15) is 0 Å². The third-order valence-electron chi connectivity index (χ3n) is 3.36. The molecule has 2 fully saturated rings. The van der Waals surface area contributed by atoms with E-state index in [1.54, 1.807) is 18.2 Å². The Morgan fingerprint density at radius 2 is 1.79 bits per heavy atom. The zero-order valence-electron chi connectivity index (χ0n) is 10.5. The van der Waals surface area contributed by atoms with Gasteiger partial charge in [0.1, 0.15) is 6.61 Å². The monoisotopic (exact) mass is 266 g/mol. The summed E-state index contributed by atoms with van der Waals surface area (Å²) in [5, 5.41) is 0. The molecule has 0 radical (unpaired) electrons. The van der Waals surface area contributed by atoms with Crippen LogP contribution in [0.15, 0.2) is 18.2 Å². The Kier molecular flexibility index (Phi) is 3.25. The van der Waals surface area contributed by atoms with Crippen LogP contribution in [-0.4, -0.2) is 45.5 Å². The van der Waals surface area contributed by atoms with Gasteiger partial charge in [0.25, 0.3) is 0 Å². The van der Waals surface area contributed by atoms with Crippen molar-refractivity contribution in [2.45, 2.75) is 0 Å². The molecule has 1 amide bonds. The molecule has 2 heterocycles. The normalized spacial score (nSPS) is 19.7. The molecule has 19 heavy (non-hydrogen) atoms. The van der Waals surface area contributed by atoms with Crippen LogP contribution in [0.5, 0.6) is 0 Å². The van der Waals surface area contributed by atoms with Crippen molar-refractivity contribution in [2.24, 2.45) is 0 Å². The van der Waals surface area contributed by atoms with Crippen molar-refractivity contribution >= 4 is 17.5 Å². The predicted molar refractivity (Wildman–Crippen MR) is 68.1 cm³/mol. The number of rotatable bonds is 2. The van der Waals surface area contributed by atoms with Crippen molar-refractivity contribution in [3.63, 3.8) is 0 Å². The van der Waals surface area contributed by atoms with Gasteiger partial charge in [-0.2, -0.15) is 0 Å². The van der Waals surface area contributed by atoms with Crippen LogP contribution in [0, 0.1) is 5.82 Å². The van der Waals surface area contributed by atoms with Gasteiger partial charge in [-0.15, -0.1) is 0 Å². The van der Waals surface area contributed by atoms with Crippen LogP contribution in [-0.2, 0) is 9.47 Å². The van der Waals surface area contributed by atoms with Gasteiger partial charge in [-0.25, -0.2) is 9.18 Å². The fraction of sp³-hybridized carbons (Fsp3) is 0.462. The second-order valence-electron chi connectivity index (χ2n) is 4.48. The van der Waals surface area contributed by atoms with Gasteiger partial charge in [-0.3, -0.25) is 4.90 Å². The molecule has 0 aliphatic carbocycles. The van der Waals surface area contributed by atoms with E-state index >= 15 is 0 Å². The molecule has 1 aromatic carbocycles. The van der Waals surface area contributed by atoms with E-state index in [0.717, 1.165) is 0 Å². The Balaban J connectivity index is 1.91. The van der Waals surface area contributed by atoms with Gasteiger partial charge in [-0.05, 0) is 12.1 Å². The number of morpholine rings is 1. The summed E-state index contributed by atoms with van der Waals surface area (Å²) >= 11 is 0. The van der Waals surface area contributed by atoms with E-state index in [-0.39, 0.29) is 11.5 Å². The van der Waals surface area contributed by atoms with Gasteiger partial charge < -0.3 is 14.4 Å². The molecule has 2 saturated heterocycles. The minimum Gasteiger partial charge on any atom is -0.447 e. The van der Waals surface area contributed by atoms with E-state index in [4.69, 9.17) is 9.47 Å². The number of carbonyl (C=O) groups excluding carboxylic acids is 1. The molecular formula is C13H15FN2O3. The Labute approximate surface area is 110 Å². The number of benzene rings is 1. The molecule has 3 rings (SSSR count). The Bertz CT molecular complexity index is 489. The average molecular weight is 266 g/mol. The van der Waals surface area contributed by atoms with E-state index in [2.05, 4.69) is 0 Å². The number of ether oxygens (including phenoxy) is 2. The highest BCUT2D eigenvalue weighted by atomic mass is 19.1. The van der Waals surface area contributed by atoms with Crippen molar-refractivity contribution in [1.29, 1.82) is 0 Å². The number of amides is 1. The van der Waals surface area contributed by atoms with Gasteiger partial charge in [0.15, 0.2) is 5.82 Å². The molecule has 0 atom stereocenters. The molecule has 2 aliphatic heterocycles. The van der Waals surface area contributed by atoms with Gasteiger partial charge >= 0.3 is 6.09 Å². The van der Waals surface area contributed by atoms with Crippen LogP contribution in [0.3, 0.4) is 0 Å². The lowest BCUT2D eigenvalue weighted by Crippen LogP contribution is -2.37. The zero-order valence-corrected chi connectivity index (χ0v) is 10.5. The first kappa shape index (κ1) is 12.2. The third-order valence-corrected chi connectivity index (χ3v) is 3.36. The van der Waals surface area contributed by atoms with Crippen molar-refractivity contribution in [1.82, 2.24) is 0 Å². The number of nitrogens with zero attached hydrogens (tertiary/aromatic N) is 2. The molecule has 6 heteroatoms. The molecule has 5 nitrogen and oxygen atoms in total. The second-order valence-corrected chi connectivity index (χ2v) is 4.48. The number of anilines is 2. The summed E-state index contributed by atoms with van der Waals surface area (Å²) in [4.78, 5) is 14.8. The lowest BCUT2D eigenvalue weighted by molar-refractivity contribution is 0.122. The minimum atomic E-state index is -0.488. The zero-order chi connectivity index (χ0) is 13.2. The Hall–Kier alpha value is -1.82. The SMILES string of the molecule is O=C1OCCN1c1cccc(N2CCOCC2)c1F. The fourth-order valence-electron chi connectivity index (χ4n) is 2.38. The number of hydrogen-bond acceptors (Lipinski definition) is 4. The first-order valence-corrected chi connectivity index (χ1v) is 6.33. The van der Waals surface area contributed by atoms with E-state index in [1.807, 2.05) is 4.90 Å². The lowest BCUT2D eigenvalue weighted by Gasteiger charge is -2.30. The molecule has 102 valence electrons. The van der Waals surface area contributed by atoms with E-state index in [9.17, 15) is 9.18 Å². The average Bonchev–Trinajstić information content (AvgIpc) is 2.86. The number of halogens is 1. The third kappa shape index (κ3) is 2.23. The van der Waals surface area contributed by atoms with Crippen molar-refractivity contribution in [3.8, 4) is 0 Å². The minimum absolute atomic E-state index is 0.284. The van der Waals surface area contributed by atoms with Gasteiger partial charge in [0, 0.05) is 13.1 Å². The van der Waals surface area contributed by atoms with Crippen LogP contribution < -0.4 is 9.80 Å². The second kappa shape index (κ2) is 5.05.